The summed E-state index contributed by atoms with van der Waals surface area (Å²) in [6.07, 6.45) is 27.7. The van der Waals surface area contributed by atoms with Gasteiger partial charge >= 0.3 is 66.0 Å². The molecular formula is C103H139F12NO22P2-2. The van der Waals surface area contributed by atoms with E-state index in [1.54, 1.807) is 28.4 Å². The van der Waals surface area contributed by atoms with Crippen molar-refractivity contribution in [3.05, 3.63) is 213 Å². The SMILES string of the molecule is COc1cc(CCCc2ccc(-c3ccc(OCC4=C=C=C5OCCOCCOCCCC=CCCCOCCOCCOC5C4)cc3)cc2)cc(OC)c1OCCCCCCO.COc1cc(CNCc2ccc(-c3ccc(OCC4=C=C=C5OCCOCCOCCCC=CCCCOCCOCCOC5C4)cc3)cc2)cc(OC)c1OCCCCCCO.F[P-](F)(F)(F)(F)F.F[P-](F)(F)(F)(F)F. The molecule has 10 rings (SSSR count). The number of benzene rings is 6. The van der Waals surface area contributed by atoms with Crippen LogP contribution in [0.25, 0.3) is 22.3 Å². The zero-order valence-corrected chi connectivity index (χ0v) is 82.4. The van der Waals surface area contributed by atoms with E-state index in [4.69, 9.17) is 105 Å². The van der Waals surface area contributed by atoms with Crippen molar-refractivity contribution in [2.24, 2.45) is 0 Å². The number of aliphatic hydroxyl groups is 2. The van der Waals surface area contributed by atoms with Gasteiger partial charge in [-0.25, -0.2) is 0 Å². The summed E-state index contributed by atoms with van der Waals surface area (Å²) in [7, 11) is -14.7. The van der Waals surface area contributed by atoms with E-state index >= 15 is 0 Å². The molecule has 3 N–H and O–H groups in total. The van der Waals surface area contributed by atoms with Gasteiger partial charge in [-0.2, -0.15) is 0 Å². The van der Waals surface area contributed by atoms with Crippen LogP contribution in [0, 0.1) is 0 Å². The summed E-state index contributed by atoms with van der Waals surface area (Å²) in [4.78, 5) is 0. The van der Waals surface area contributed by atoms with Gasteiger partial charge in [-0.1, -0.05) is 121 Å². The number of ether oxygens (including phenoxy) is 20. The Hall–Kier alpha value is -9.10. The summed E-state index contributed by atoms with van der Waals surface area (Å²) >= 11 is 0. The van der Waals surface area contributed by atoms with Gasteiger partial charge in [-0.15, -0.1) is 0 Å². The van der Waals surface area contributed by atoms with Crippen LogP contribution >= 0.6 is 15.6 Å². The van der Waals surface area contributed by atoms with Gasteiger partial charge in [0, 0.05) is 76.7 Å². The van der Waals surface area contributed by atoms with E-state index in [0.29, 0.717) is 204 Å². The topological polar surface area (TPSA) is 237 Å². The second-order valence-electron chi connectivity index (χ2n) is 32.7. The number of halogens is 12. The van der Waals surface area contributed by atoms with Crippen LogP contribution in [0.5, 0.6) is 46.0 Å². The van der Waals surface area contributed by atoms with Gasteiger partial charge < -0.3 is 110 Å². The average Bonchev–Trinajstić information content (AvgIpc) is 0.789. The maximum atomic E-state index is 9.87. The molecule has 6 aromatic carbocycles. The third-order valence-corrected chi connectivity index (χ3v) is 21.0. The summed E-state index contributed by atoms with van der Waals surface area (Å²) in [5.41, 5.74) is 23.9. The van der Waals surface area contributed by atoms with Crippen LogP contribution < -0.4 is 43.2 Å². The fourth-order valence-corrected chi connectivity index (χ4v) is 14.0. The van der Waals surface area contributed by atoms with Gasteiger partial charge in [-0.3, -0.25) is 0 Å². The number of aliphatic hydroxyl groups excluding tert-OH is 2. The number of methoxy groups -OCH3 is 4. The van der Waals surface area contributed by atoms with Gasteiger partial charge in [0.2, 0.25) is 11.5 Å². The van der Waals surface area contributed by atoms with Crippen LogP contribution in [-0.2, 0) is 82.8 Å². The van der Waals surface area contributed by atoms with Gasteiger partial charge in [0.1, 0.15) is 50.1 Å². The predicted octanol–water partition coefficient (Wildman–Crippen LogP) is 24.7. The van der Waals surface area contributed by atoms with Crippen molar-refractivity contribution < 1.29 is 155 Å². The molecular weight excluding hydrogens is 1890 g/mol. The Kier molecular flexibility index (Phi) is 53.1. The van der Waals surface area contributed by atoms with Crippen LogP contribution in [0.1, 0.15) is 144 Å². The first-order valence-electron chi connectivity index (χ1n) is 47.6. The molecule has 2 aliphatic heterocycles. The van der Waals surface area contributed by atoms with Crippen molar-refractivity contribution in [3.63, 3.8) is 0 Å². The van der Waals surface area contributed by atoms with Crippen LogP contribution in [0.15, 0.2) is 191 Å². The Morgan fingerprint density at radius 1 is 0.321 bits per heavy atom. The number of aryl methyl sites for hydroxylation is 2. The number of hydrogen-bond donors (Lipinski definition) is 3. The maximum absolute atomic E-state index is 10.7. The number of fused-ring (bicyclic) bond motifs is 2. The molecule has 2 aliphatic carbocycles. The van der Waals surface area contributed by atoms with Gasteiger partial charge in [0.15, 0.2) is 34.5 Å². The molecule has 37 heteroatoms. The third kappa shape index (κ3) is 56.7. The van der Waals surface area contributed by atoms with E-state index in [1.807, 2.05) is 36.4 Å². The minimum atomic E-state index is -10.7. The van der Waals surface area contributed by atoms with E-state index in [-0.39, 0.29) is 25.4 Å². The normalized spacial score (nSPS) is 18.2. The molecule has 2 heterocycles. The molecule has 140 heavy (non-hydrogen) atoms. The second kappa shape index (κ2) is 63.1. The molecule has 0 radical (unpaired) electrons. The monoisotopic (exact) mass is 2030 g/mol. The van der Waals surface area contributed by atoms with Crippen LogP contribution in [0.2, 0.25) is 0 Å². The Morgan fingerprint density at radius 2 is 0.614 bits per heavy atom. The average molecular weight is 2030 g/mol. The zero-order valence-electron chi connectivity index (χ0n) is 80.6. The molecule has 2 unspecified atom stereocenters. The van der Waals surface area contributed by atoms with E-state index < -0.39 is 15.6 Å². The van der Waals surface area contributed by atoms with Gasteiger partial charge in [0.25, 0.3) is 0 Å². The number of hydrogen-bond acceptors (Lipinski definition) is 23. The first-order valence-corrected chi connectivity index (χ1v) is 51.6. The number of allylic oxidation sites excluding steroid dienone is 4. The predicted molar refractivity (Wildman–Crippen MR) is 516 cm³/mol. The Morgan fingerprint density at radius 3 is 0.957 bits per heavy atom. The Bertz CT molecular complexity index is 4420. The third-order valence-electron chi connectivity index (χ3n) is 21.0. The van der Waals surface area contributed by atoms with Crippen molar-refractivity contribution >= 4 is 15.6 Å². The molecule has 6 aromatic rings. The zero-order chi connectivity index (χ0) is 101. The molecule has 4 aliphatic rings. The summed E-state index contributed by atoms with van der Waals surface area (Å²) in [5, 5.41) is 21.5. The van der Waals surface area contributed by atoms with E-state index in [1.165, 1.54) is 11.1 Å². The van der Waals surface area contributed by atoms with E-state index in [0.717, 1.165) is 204 Å². The Labute approximate surface area is 814 Å². The molecule has 0 aromatic heterocycles. The van der Waals surface area contributed by atoms with Crippen LogP contribution in [0.4, 0.5) is 50.4 Å². The van der Waals surface area contributed by atoms with Crippen LogP contribution in [0.3, 0.4) is 0 Å². The minimum absolute atomic E-state index is 0.228. The van der Waals surface area contributed by atoms with Crippen molar-refractivity contribution in [2.45, 2.75) is 160 Å². The van der Waals surface area contributed by atoms with Crippen molar-refractivity contribution in [1.82, 2.24) is 5.32 Å². The van der Waals surface area contributed by atoms with Crippen molar-refractivity contribution in [2.75, 3.05) is 200 Å². The summed E-state index contributed by atoms with van der Waals surface area (Å²) in [6.45, 7) is 14.3. The first-order chi connectivity index (χ1) is 67.2. The van der Waals surface area contributed by atoms with Gasteiger partial charge in [0.05, 0.1) is 134 Å². The quantitative estimate of drug-likeness (QED) is 0.0112. The molecule has 0 spiro atoms. The van der Waals surface area contributed by atoms with Crippen LogP contribution in [-0.4, -0.2) is 223 Å². The van der Waals surface area contributed by atoms with Crippen molar-refractivity contribution in [3.8, 4) is 68.2 Å². The van der Waals surface area contributed by atoms with Crippen molar-refractivity contribution in [1.29, 1.82) is 0 Å². The molecule has 2 atom stereocenters. The molecule has 784 valence electrons. The van der Waals surface area contributed by atoms with E-state index in [2.05, 4.69) is 137 Å². The second-order valence-corrected chi connectivity index (χ2v) is 36.5. The van der Waals surface area contributed by atoms with Gasteiger partial charge in [-0.05, 0) is 214 Å². The molecule has 0 saturated heterocycles. The molecule has 0 bridgehead atoms. The molecule has 23 nitrogen and oxygen atoms in total. The summed E-state index contributed by atoms with van der Waals surface area (Å²) in [5.74, 6) is 6.69. The van der Waals surface area contributed by atoms with E-state index in [9.17, 15) is 50.4 Å². The number of unbranched alkanes of at least 4 members (excludes halogenated alkanes) is 6. The summed E-state index contributed by atoms with van der Waals surface area (Å²) < 4.78 is 236. The molecule has 0 amide bonds. The molecule has 0 saturated carbocycles. The summed E-state index contributed by atoms with van der Waals surface area (Å²) in [6, 6.07) is 41.7. The first kappa shape index (κ1) is 118. The number of rotatable bonds is 34. The number of nitrogens with one attached hydrogen (secondary N) is 1. The standard InChI is InChI=1S/C52H70O11.C51H69NO11.2F6P/c1-54-50-38-43(39-51(55-2)52(50)62-29-12-8-5-9-26-53)15-13-14-42-16-19-45(20-17-42)46-21-23-47(24-22-46)63-41-44-18-25-48-49(40-44)61-37-35-59-33-31-57-28-11-7-4-3-6-10-27-56-30-32-58-34-36-60-48;1-54-49-36-43(37-50(55-2)51(49)62-26-12-8-5-9-23-53)39-52-38-41-13-16-44(17-14-41)45-18-20-46(21-19-45)63-40-42-15-22-47-48(35-42)61-34-32-59-30-28-57-25-11-7-4-3-6-10-24-56-27-29-58-31-33-60-47;2*1-7(2,3,4,5)6/h3-4,16-17,19-24,38-39,49,53H,5-15,26-37,40-41H2,1-2H3;3-4,13-14,16-21,36-37,48,52-53H,5-12,23-35,38-40H2,1-2H3;;/q;;2*-1. The molecule has 0 fully saturated rings. The Balaban J connectivity index is 0.000000334. The fourth-order valence-electron chi connectivity index (χ4n) is 14.0. The fraction of sp³-hybridized carbons (Fsp3) is 0.534.